The maximum absolute atomic E-state index is 8.83. The summed E-state index contributed by atoms with van der Waals surface area (Å²) in [5, 5.41) is 8.83. The zero-order chi connectivity index (χ0) is 13.7. The molecule has 0 N–H and O–H groups in total. The lowest BCUT2D eigenvalue weighted by Gasteiger charge is -2.19. The summed E-state index contributed by atoms with van der Waals surface area (Å²) in [7, 11) is 0. The molecule has 19 heavy (non-hydrogen) atoms. The van der Waals surface area contributed by atoms with Gasteiger partial charge in [-0.25, -0.2) is 0 Å². The molecule has 2 aromatic rings. The molecule has 98 valence electrons. The second kappa shape index (κ2) is 6.21. The van der Waals surface area contributed by atoms with Crippen LogP contribution in [0.1, 0.15) is 25.1 Å². The maximum atomic E-state index is 8.83. The molecule has 1 aromatic carbocycles. The lowest BCUT2D eigenvalue weighted by molar-refractivity contribution is 0.290. The molecule has 0 aliphatic rings. The van der Waals surface area contributed by atoms with Gasteiger partial charge in [0.25, 0.3) is 0 Å². The largest absolute Gasteiger partial charge is 0.320 e. The van der Waals surface area contributed by atoms with Crippen LogP contribution >= 0.6 is 0 Å². The van der Waals surface area contributed by atoms with Gasteiger partial charge >= 0.3 is 0 Å². The SMILES string of the molecule is CCN(CC)Cc1cccn1-c1ccc(C#N)cc1. The van der Waals surface area contributed by atoms with Gasteiger partial charge in [-0.05, 0) is 49.5 Å². The van der Waals surface area contributed by atoms with E-state index in [1.54, 1.807) is 0 Å². The molecule has 3 nitrogen and oxygen atoms in total. The van der Waals surface area contributed by atoms with Gasteiger partial charge in [-0.15, -0.1) is 0 Å². The van der Waals surface area contributed by atoms with Gasteiger partial charge in [-0.2, -0.15) is 5.26 Å². The smallest absolute Gasteiger partial charge is 0.0991 e. The number of hydrogen-bond donors (Lipinski definition) is 0. The van der Waals surface area contributed by atoms with Gasteiger partial charge in [0.1, 0.15) is 0 Å². The van der Waals surface area contributed by atoms with Crippen LogP contribution in [0, 0.1) is 11.3 Å². The monoisotopic (exact) mass is 253 g/mol. The molecular weight excluding hydrogens is 234 g/mol. The van der Waals surface area contributed by atoms with Crippen molar-refractivity contribution in [3.63, 3.8) is 0 Å². The minimum atomic E-state index is 0.696. The second-order valence-electron chi connectivity index (χ2n) is 4.49. The molecule has 3 heteroatoms. The first-order chi connectivity index (χ1) is 9.28. The minimum absolute atomic E-state index is 0.696. The van der Waals surface area contributed by atoms with Crippen LogP contribution in [0.3, 0.4) is 0 Å². The zero-order valence-electron chi connectivity index (χ0n) is 11.5. The van der Waals surface area contributed by atoms with Crippen molar-refractivity contribution in [2.45, 2.75) is 20.4 Å². The highest BCUT2D eigenvalue weighted by molar-refractivity contribution is 5.41. The molecule has 0 aliphatic heterocycles. The zero-order valence-corrected chi connectivity index (χ0v) is 11.5. The Balaban J connectivity index is 2.25. The Labute approximate surface area is 114 Å². The number of aromatic nitrogens is 1. The normalized spacial score (nSPS) is 10.6. The number of hydrogen-bond acceptors (Lipinski definition) is 2. The highest BCUT2D eigenvalue weighted by Crippen LogP contribution is 2.15. The van der Waals surface area contributed by atoms with E-state index in [2.05, 4.69) is 47.7 Å². The average molecular weight is 253 g/mol. The Morgan fingerprint density at radius 1 is 1.11 bits per heavy atom. The van der Waals surface area contributed by atoms with Crippen molar-refractivity contribution >= 4 is 0 Å². The second-order valence-corrected chi connectivity index (χ2v) is 4.49. The highest BCUT2D eigenvalue weighted by atomic mass is 15.1. The molecule has 0 saturated heterocycles. The summed E-state index contributed by atoms with van der Waals surface area (Å²) in [5.74, 6) is 0. The Kier molecular flexibility index (Phi) is 4.38. The molecule has 0 unspecified atom stereocenters. The van der Waals surface area contributed by atoms with Gasteiger partial charge in [-0.3, -0.25) is 4.90 Å². The first-order valence-electron chi connectivity index (χ1n) is 6.67. The van der Waals surface area contributed by atoms with Crippen LogP contribution in [0.25, 0.3) is 5.69 Å². The minimum Gasteiger partial charge on any atom is -0.320 e. The van der Waals surface area contributed by atoms with Crippen LogP contribution < -0.4 is 0 Å². The van der Waals surface area contributed by atoms with E-state index in [0.717, 1.165) is 25.3 Å². The van der Waals surface area contributed by atoms with Crippen LogP contribution in [0.2, 0.25) is 0 Å². The maximum Gasteiger partial charge on any atom is 0.0991 e. The van der Waals surface area contributed by atoms with Crippen LogP contribution in [0.15, 0.2) is 42.6 Å². The summed E-state index contributed by atoms with van der Waals surface area (Å²) in [6.45, 7) is 7.40. The summed E-state index contributed by atoms with van der Waals surface area (Å²) in [6, 6.07) is 14.1. The van der Waals surface area contributed by atoms with E-state index < -0.39 is 0 Å². The van der Waals surface area contributed by atoms with Crippen LogP contribution in [0.5, 0.6) is 0 Å². The molecule has 0 spiro atoms. The van der Waals surface area contributed by atoms with Gasteiger partial charge in [0.05, 0.1) is 11.6 Å². The number of rotatable bonds is 5. The molecule has 0 radical (unpaired) electrons. The van der Waals surface area contributed by atoms with E-state index in [1.807, 2.05) is 24.3 Å². The Bertz CT molecular complexity index is 556. The van der Waals surface area contributed by atoms with Crippen molar-refractivity contribution in [1.29, 1.82) is 5.26 Å². The molecule has 0 fully saturated rings. The fourth-order valence-corrected chi connectivity index (χ4v) is 2.17. The number of nitrogens with zero attached hydrogens (tertiary/aromatic N) is 3. The molecule has 0 bridgehead atoms. The summed E-state index contributed by atoms with van der Waals surface area (Å²) in [4.78, 5) is 2.38. The average Bonchev–Trinajstić information content (AvgIpc) is 2.93. The molecule has 0 aliphatic carbocycles. The number of benzene rings is 1. The predicted molar refractivity (Wildman–Crippen MR) is 77.1 cm³/mol. The Morgan fingerprint density at radius 2 is 1.79 bits per heavy atom. The van der Waals surface area contributed by atoms with Gasteiger partial charge < -0.3 is 4.57 Å². The Morgan fingerprint density at radius 3 is 2.37 bits per heavy atom. The standard InChI is InChI=1S/C16H19N3/c1-3-18(4-2)13-16-6-5-11-19(16)15-9-7-14(12-17)8-10-15/h5-11H,3-4,13H2,1-2H3. The van der Waals surface area contributed by atoms with Crippen molar-refractivity contribution in [3.8, 4) is 11.8 Å². The van der Waals surface area contributed by atoms with Gasteiger partial charge in [-0.1, -0.05) is 13.8 Å². The first-order valence-corrected chi connectivity index (χ1v) is 6.67. The molecule has 0 amide bonds. The van der Waals surface area contributed by atoms with Gasteiger partial charge in [0, 0.05) is 24.1 Å². The van der Waals surface area contributed by atoms with E-state index in [0.29, 0.717) is 5.56 Å². The molecular formula is C16H19N3. The quantitative estimate of drug-likeness (QED) is 0.819. The molecule has 1 heterocycles. The summed E-state index contributed by atoms with van der Waals surface area (Å²) >= 11 is 0. The van der Waals surface area contributed by atoms with E-state index in [4.69, 9.17) is 5.26 Å². The number of nitriles is 1. The van der Waals surface area contributed by atoms with E-state index in [-0.39, 0.29) is 0 Å². The first kappa shape index (κ1) is 13.4. The van der Waals surface area contributed by atoms with Crippen LogP contribution in [-0.2, 0) is 6.54 Å². The summed E-state index contributed by atoms with van der Waals surface area (Å²) < 4.78 is 2.18. The Hall–Kier alpha value is -2.05. The topological polar surface area (TPSA) is 32.0 Å². The van der Waals surface area contributed by atoms with Crippen LogP contribution in [0.4, 0.5) is 0 Å². The van der Waals surface area contributed by atoms with Crippen LogP contribution in [-0.4, -0.2) is 22.6 Å². The summed E-state index contributed by atoms with van der Waals surface area (Å²) in [5.41, 5.74) is 3.07. The molecule has 0 atom stereocenters. The van der Waals surface area contributed by atoms with Crippen molar-refractivity contribution in [2.24, 2.45) is 0 Å². The van der Waals surface area contributed by atoms with E-state index in [1.165, 1.54) is 5.69 Å². The van der Waals surface area contributed by atoms with Crippen molar-refractivity contribution in [3.05, 3.63) is 53.9 Å². The van der Waals surface area contributed by atoms with Crippen molar-refractivity contribution in [1.82, 2.24) is 9.47 Å². The molecule has 1 aromatic heterocycles. The third-order valence-electron chi connectivity index (χ3n) is 3.39. The fourth-order valence-electron chi connectivity index (χ4n) is 2.17. The molecule has 0 saturated carbocycles. The lowest BCUT2D eigenvalue weighted by atomic mass is 10.2. The van der Waals surface area contributed by atoms with Gasteiger partial charge in [0.2, 0.25) is 0 Å². The predicted octanol–water partition coefficient (Wildman–Crippen LogP) is 3.19. The third kappa shape index (κ3) is 3.04. The van der Waals surface area contributed by atoms with E-state index >= 15 is 0 Å². The van der Waals surface area contributed by atoms with E-state index in [9.17, 15) is 0 Å². The van der Waals surface area contributed by atoms with Gasteiger partial charge in [0.15, 0.2) is 0 Å². The summed E-state index contributed by atoms with van der Waals surface area (Å²) in [6.07, 6.45) is 2.07. The fraction of sp³-hybridized carbons (Fsp3) is 0.312. The van der Waals surface area contributed by atoms with Crippen molar-refractivity contribution < 1.29 is 0 Å². The molecule has 2 rings (SSSR count). The van der Waals surface area contributed by atoms with Crippen molar-refractivity contribution in [2.75, 3.05) is 13.1 Å². The lowest BCUT2D eigenvalue weighted by Crippen LogP contribution is -2.23. The highest BCUT2D eigenvalue weighted by Gasteiger charge is 2.07. The third-order valence-corrected chi connectivity index (χ3v) is 3.39.